The van der Waals surface area contributed by atoms with E-state index >= 15 is 0 Å². The zero-order valence-electron chi connectivity index (χ0n) is 13.8. The summed E-state index contributed by atoms with van der Waals surface area (Å²) in [5.74, 6) is 0.774. The number of likely N-dealkylation sites (tertiary alicyclic amines) is 1. The van der Waals surface area contributed by atoms with Crippen molar-refractivity contribution >= 4 is 6.03 Å². The van der Waals surface area contributed by atoms with Crippen LogP contribution >= 0.6 is 0 Å². The number of para-hydroxylation sites is 1. The highest BCUT2D eigenvalue weighted by Crippen LogP contribution is 2.52. The number of rotatable bonds is 3. The minimum absolute atomic E-state index is 0.00218. The number of fused-ring (bicyclic) bond motifs is 2. The van der Waals surface area contributed by atoms with Crippen molar-refractivity contribution in [1.82, 2.24) is 10.2 Å². The van der Waals surface area contributed by atoms with Crippen molar-refractivity contribution in [3.8, 4) is 5.75 Å². The second-order valence-corrected chi connectivity index (χ2v) is 7.93. The van der Waals surface area contributed by atoms with Crippen LogP contribution in [0.5, 0.6) is 5.75 Å². The average Bonchev–Trinajstić information content (AvgIpc) is 2.69. The maximum Gasteiger partial charge on any atom is 0.320 e. The monoisotopic (exact) mass is 302 g/mol. The van der Waals surface area contributed by atoms with Gasteiger partial charge in [0.15, 0.2) is 6.73 Å². The Kier molecular flexibility index (Phi) is 3.79. The lowest BCUT2D eigenvalue weighted by atomic mass is 9.65. The van der Waals surface area contributed by atoms with Crippen LogP contribution < -0.4 is 10.1 Å². The van der Waals surface area contributed by atoms with E-state index in [1.165, 1.54) is 6.42 Å². The van der Waals surface area contributed by atoms with Crippen LogP contribution in [0.3, 0.4) is 0 Å². The van der Waals surface area contributed by atoms with Gasteiger partial charge in [-0.15, -0.1) is 0 Å². The van der Waals surface area contributed by atoms with E-state index < -0.39 is 0 Å². The molecule has 4 heteroatoms. The van der Waals surface area contributed by atoms with E-state index in [1.807, 2.05) is 35.2 Å². The average molecular weight is 302 g/mol. The summed E-state index contributed by atoms with van der Waals surface area (Å²) >= 11 is 0. The molecule has 1 saturated carbocycles. The Morgan fingerprint density at radius 1 is 1.27 bits per heavy atom. The van der Waals surface area contributed by atoms with Crippen molar-refractivity contribution in [1.29, 1.82) is 0 Å². The minimum Gasteiger partial charge on any atom is -0.473 e. The quantitative estimate of drug-likeness (QED) is 0.866. The molecule has 1 aliphatic heterocycles. The number of amides is 2. The van der Waals surface area contributed by atoms with E-state index in [-0.39, 0.29) is 18.2 Å². The molecule has 2 aliphatic rings. The molecule has 1 N–H and O–H groups in total. The molecule has 1 saturated heterocycles. The van der Waals surface area contributed by atoms with Gasteiger partial charge < -0.3 is 15.0 Å². The van der Waals surface area contributed by atoms with Crippen LogP contribution in [-0.4, -0.2) is 30.2 Å². The predicted octanol–water partition coefficient (Wildman–Crippen LogP) is 3.63. The summed E-state index contributed by atoms with van der Waals surface area (Å²) < 4.78 is 5.56. The molecule has 120 valence electrons. The topological polar surface area (TPSA) is 41.6 Å². The minimum atomic E-state index is 0.00218. The summed E-state index contributed by atoms with van der Waals surface area (Å²) in [7, 11) is 0. The fourth-order valence-corrected chi connectivity index (χ4v) is 4.50. The molecule has 0 radical (unpaired) electrons. The number of ether oxygens (including phenoxy) is 1. The second-order valence-electron chi connectivity index (χ2n) is 7.93. The third-order valence-corrected chi connectivity index (χ3v) is 4.88. The highest BCUT2D eigenvalue weighted by Gasteiger charge is 2.50. The number of nitrogens with one attached hydrogen (secondary N) is 1. The number of urea groups is 1. The van der Waals surface area contributed by atoms with E-state index in [9.17, 15) is 4.79 Å². The van der Waals surface area contributed by atoms with Gasteiger partial charge in [0.05, 0.1) is 0 Å². The van der Waals surface area contributed by atoms with Crippen LogP contribution in [0.15, 0.2) is 30.3 Å². The van der Waals surface area contributed by atoms with Crippen LogP contribution in [-0.2, 0) is 0 Å². The van der Waals surface area contributed by atoms with E-state index in [1.54, 1.807) is 0 Å². The van der Waals surface area contributed by atoms with Gasteiger partial charge in [0.25, 0.3) is 0 Å². The van der Waals surface area contributed by atoms with E-state index in [4.69, 9.17) is 4.74 Å². The number of benzene rings is 1. The van der Waals surface area contributed by atoms with Gasteiger partial charge in [0.2, 0.25) is 0 Å². The number of carbonyl (C=O) groups is 1. The van der Waals surface area contributed by atoms with Gasteiger partial charge in [-0.25, -0.2) is 4.79 Å². The van der Waals surface area contributed by atoms with Gasteiger partial charge >= 0.3 is 6.03 Å². The Morgan fingerprint density at radius 3 is 2.73 bits per heavy atom. The van der Waals surface area contributed by atoms with Crippen LogP contribution in [0.25, 0.3) is 0 Å². The van der Waals surface area contributed by atoms with Crippen molar-refractivity contribution in [3.63, 3.8) is 0 Å². The normalized spacial score (nSPS) is 29.2. The van der Waals surface area contributed by atoms with Gasteiger partial charge in [0, 0.05) is 12.6 Å². The summed E-state index contributed by atoms with van der Waals surface area (Å²) in [4.78, 5) is 14.5. The molecule has 2 fully saturated rings. The standard InChI is InChI=1S/C18H26N2O2/c1-17(2)9-14-10-18(3,11-17)12-20(14)16(21)19-13-22-15-7-5-4-6-8-15/h4-8,14H,9-13H2,1-3H3,(H,19,21). The predicted molar refractivity (Wildman–Crippen MR) is 86.7 cm³/mol. The first kappa shape index (κ1) is 15.2. The lowest BCUT2D eigenvalue weighted by molar-refractivity contribution is 0.128. The highest BCUT2D eigenvalue weighted by molar-refractivity contribution is 5.75. The van der Waals surface area contributed by atoms with E-state index in [0.29, 0.717) is 11.5 Å². The molecular weight excluding hydrogens is 276 g/mol. The summed E-state index contributed by atoms with van der Waals surface area (Å²) in [5, 5.41) is 2.90. The molecular formula is C18H26N2O2. The largest absolute Gasteiger partial charge is 0.473 e. The summed E-state index contributed by atoms with van der Waals surface area (Å²) in [6.45, 7) is 8.02. The molecule has 1 aromatic rings. The van der Waals surface area contributed by atoms with Crippen LogP contribution in [0.2, 0.25) is 0 Å². The zero-order valence-corrected chi connectivity index (χ0v) is 13.8. The Hall–Kier alpha value is -1.71. The summed E-state index contributed by atoms with van der Waals surface area (Å²) in [6, 6.07) is 9.93. The van der Waals surface area contributed by atoms with Gasteiger partial charge in [0.1, 0.15) is 5.75 Å². The van der Waals surface area contributed by atoms with Crippen molar-refractivity contribution in [3.05, 3.63) is 30.3 Å². The van der Waals surface area contributed by atoms with Gasteiger partial charge in [-0.1, -0.05) is 39.0 Å². The summed E-state index contributed by atoms with van der Waals surface area (Å²) in [6.07, 6.45) is 3.42. The van der Waals surface area contributed by atoms with E-state index in [2.05, 4.69) is 26.1 Å². The maximum atomic E-state index is 12.5. The van der Waals surface area contributed by atoms with Gasteiger partial charge in [-0.3, -0.25) is 0 Å². The maximum absolute atomic E-state index is 12.5. The molecule has 1 aromatic carbocycles. The van der Waals surface area contributed by atoms with E-state index in [0.717, 1.165) is 25.1 Å². The molecule has 4 nitrogen and oxygen atoms in total. The van der Waals surface area contributed by atoms with Crippen LogP contribution in [0.1, 0.15) is 40.0 Å². The first-order valence-corrected chi connectivity index (χ1v) is 8.09. The molecule has 3 rings (SSSR count). The molecule has 2 bridgehead atoms. The molecule has 2 unspecified atom stereocenters. The summed E-state index contributed by atoms with van der Waals surface area (Å²) in [5.41, 5.74) is 0.595. The van der Waals surface area contributed by atoms with Crippen LogP contribution in [0.4, 0.5) is 4.79 Å². The van der Waals surface area contributed by atoms with Gasteiger partial charge in [-0.05, 0) is 42.2 Å². The molecule has 0 spiro atoms. The van der Waals surface area contributed by atoms with Crippen LogP contribution in [0, 0.1) is 10.8 Å². The smallest absolute Gasteiger partial charge is 0.320 e. The van der Waals surface area contributed by atoms with Gasteiger partial charge in [-0.2, -0.15) is 0 Å². The Labute approximate surface area is 132 Å². The third-order valence-electron chi connectivity index (χ3n) is 4.88. The van der Waals surface area contributed by atoms with Crippen molar-refractivity contribution in [2.45, 2.75) is 46.1 Å². The molecule has 22 heavy (non-hydrogen) atoms. The number of nitrogens with zero attached hydrogens (tertiary/aromatic N) is 1. The number of hydrogen-bond acceptors (Lipinski definition) is 2. The van der Waals surface area contributed by atoms with Crippen molar-refractivity contribution in [2.24, 2.45) is 10.8 Å². The second kappa shape index (κ2) is 5.49. The zero-order chi connectivity index (χ0) is 15.8. The Morgan fingerprint density at radius 2 is 2.00 bits per heavy atom. The van der Waals surface area contributed by atoms with Crippen molar-refractivity contribution in [2.75, 3.05) is 13.3 Å². The fourth-order valence-electron chi connectivity index (χ4n) is 4.50. The lowest BCUT2D eigenvalue weighted by Crippen LogP contribution is -2.44. The highest BCUT2D eigenvalue weighted by atomic mass is 16.5. The molecule has 2 atom stereocenters. The third kappa shape index (κ3) is 3.21. The fraction of sp³-hybridized carbons (Fsp3) is 0.611. The first-order chi connectivity index (χ1) is 10.4. The Bertz CT molecular complexity index is 543. The molecule has 1 heterocycles. The first-order valence-electron chi connectivity index (χ1n) is 8.09. The number of hydrogen-bond donors (Lipinski definition) is 1. The van der Waals surface area contributed by atoms with Crippen molar-refractivity contribution < 1.29 is 9.53 Å². The SMILES string of the molecule is CC1(C)CC2CC(C)(CN2C(=O)NCOc2ccccc2)C1. The number of carbonyl (C=O) groups excluding carboxylic acids is 1. The Balaban J connectivity index is 1.55. The molecule has 2 amide bonds. The lowest BCUT2D eigenvalue weighted by Gasteiger charge is -2.39. The molecule has 1 aliphatic carbocycles. The molecule has 0 aromatic heterocycles.